The van der Waals surface area contributed by atoms with Crippen molar-refractivity contribution in [3.8, 4) is 0 Å². The first-order chi connectivity index (χ1) is 10.2. The van der Waals surface area contributed by atoms with Crippen LogP contribution in [0.5, 0.6) is 0 Å². The Labute approximate surface area is 119 Å². The van der Waals surface area contributed by atoms with Crippen molar-refractivity contribution in [1.82, 2.24) is 19.9 Å². The Bertz CT molecular complexity index is 811. The second-order valence-corrected chi connectivity index (χ2v) is 4.39. The van der Waals surface area contributed by atoms with Gasteiger partial charge in [-0.25, -0.2) is 15.0 Å². The van der Waals surface area contributed by atoms with E-state index in [0.717, 1.165) is 6.21 Å². The van der Waals surface area contributed by atoms with Crippen molar-refractivity contribution in [2.45, 2.75) is 6.61 Å². The number of nitrogens with one attached hydrogen (secondary N) is 3. The van der Waals surface area contributed by atoms with Gasteiger partial charge in [0, 0.05) is 23.5 Å². The molecule has 21 heavy (non-hydrogen) atoms. The number of aromatic nitrogens is 4. The molecule has 106 valence electrons. The van der Waals surface area contributed by atoms with Crippen LogP contribution in [0, 0.1) is 5.41 Å². The SMILES string of the molecule is N=Cc1cc(Nc2ncnc3[nH]cc(CO)c23)cnc1N. The number of hydrogen-bond donors (Lipinski definition) is 5. The van der Waals surface area contributed by atoms with Crippen molar-refractivity contribution in [1.29, 1.82) is 5.41 Å². The largest absolute Gasteiger partial charge is 0.392 e. The lowest BCUT2D eigenvalue weighted by Crippen LogP contribution is -2.01. The van der Waals surface area contributed by atoms with Crippen molar-refractivity contribution in [2.24, 2.45) is 0 Å². The van der Waals surface area contributed by atoms with Crippen LogP contribution in [0.15, 0.2) is 24.8 Å². The zero-order valence-corrected chi connectivity index (χ0v) is 11.0. The van der Waals surface area contributed by atoms with E-state index in [4.69, 9.17) is 11.1 Å². The zero-order valence-electron chi connectivity index (χ0n) is 11.0. The van der Waals surface area contributed by atoms with Crippen LogP contribution in [-0.4, -0.2) is 31.3 Å². The number of H-pyrrole nitrogens is 1. The molecule has 3 heterocycles. The summed E-state index contributed by atoms with van der Waals surface area (Å²) in [4.78, 5) is 15.3. The fraction of sp³-hybridized carbons (Fsp3) is 0.0769. The number of pyridine rings is 1. The van der Waals surface area contributed by atoms with E-state index in [1.54, 1.807) is 18.5 Å². The van der Waals surface area contributed by atoms with Crippen molar-refractivity contribution in [2.75, 3.05) is 11.1 Å². The predicted molar refractivity (Wildman–Crippen MR) is 79.6 cm³/mol. The topological polar surface area (TPSA) is 137 Å². The summed E-state index contributed by atoms with van der Waals surface area (Å²) < 4.78 is 0. The van der Waals surface area contributed by atoms with Crippen LogP contribution in [0.4, 0.5) is 17.3 Å². The van der Waals surface area contributed by atoms with Gasteiger partial charge in [0.25, 0.3) is 0 Å². The molecule has 0 aliphatic rings. The standard InChI is InChI=1S/C13H13N7O/c14-2-7-1-9(4-16-11(7)15)20-13-10-8(5-21)3-17-12(10)18-6-19-13/h1-4,6,14,21H,5H2,(H2,15,16)(H2,17,18,19,20). The third-order valence-electron chi connectivity index (χ3n) is 3.09. The Morgan fingerprint density at radius 1 is 1.38 bits per heavy atom. The van der Waals surface area contributed by atoms with Gasteiger partial charge in [0.15, 0.2) is 0 Å². The van der Waals surface area contributed by atoms with E-state index >= 15 is 0 Å². The van der Waals surface area contributed by atoms with Gasteiger partial charge in [0.05, 0.1) is 23.9 Å². The van der Waals surface area contributed by atoms with Crippen LogP contribution in [0.25, 0.3) is 11.0 Å². The number of aliphatic hydroxyl groups excluding tert-OH is 1. The first-order valence-electron chi connectivity index (χ1n) is 6.17. The van der Waals surface area contributed by atoms with Gasteiger partial charge in [-0.3, -0.25) is 0 Å². The normalized spacial score (nSPS) is 10.7. The van der Waals surface area contributed by atoms with Gasteiger partial charge in [0.1, 0.15) is 23.6 Å². The number of anilines is 3. The summed E-state index contributed by atoms with van der Waals surface area (Å²) in [7, 11) is 0. The summed E-state index contributed by atoms with van der Waals surface area (Å²) in [5.41, 5.74) is 8.15. The molecule has 0 aliphatic carbocycles. The molecule has 0 radical (unpaired) electrons. The second kappa shape index (κ2) is 5.17. The lowest BCUT2D eigenvalue weighted by Gasteiger charge is -2.08. The van der Waals surface area contributed by atoms with Crippen LogP contribution in [-0.2, 0) is 6.61 Å². The lowest BCUT2D eigenvalue weighted by molar-refractivity contribution is 0.283. The Kier molecular flexibility index (Phi) is 3.20. The van der Waals surface area contributed by atoms with E-state index in [1.165, 1.54) is 6.33 Å². The number of fused-ring (bicyclic) bond motifs is 1. The molecule has 3 rings (SSSR count). The monoisotopic (exact) mass is 283 g/mol. The molecular weight excluding hydrogens is 270 g/mol. The van der Waals surface area contributed by atoms with E-state index in [-0.39, 0.29) is 6.61 Å². The highest BCUT2D eigenvalue weighted by atomic mass is 16.3. The van der Waals surface area contributed by atoms with Gasteiger partial charge in [-0.05, 0) is 6.07 Å². The van der Waals surface area contributed by atoms with Crippen LogP contribution in [0.2, 0.25) is 0 Å². The molecule has 0 atom stereocenters. The van der Waals surface area contributed by atoms with Crippen LogP contribution in [0.1, 0.15) is 11.1 Å². The third kappa shape index (κ3) is 2.28. The molecule has 8 heteroatoms. The predicted octanol–water partition coefficient (Wildman–Crippen LogP) is 1.17. The number of aliphatic hydroxyl groups is 1. The van der Waals surface area contributed by atoms with Gasteiger partial charge in [0.2, 0.25) is 0 Å². The number of hydrogen-bond acceptors (Lipinski definition) is 7. The number of aromatic amines is 1. The average molecular weight is 283 g/mol. The van der Waals surface area contributed by atoms with Gasteiger partial charge >= 0.3 is 0 Å². The van der Waals surface area contributed by atoms with Crippen LogP contribution < -0.4 is 11.1 Å². The van der Waals surface area contributed by atoms with Crippen molar-refractivity contribution in [3.05, 3.63) is 35.9 Å². The van der Waals surface area contributed by atoms with E-state index in [2.05, 4.69) is 25.3 Å². The summed E-state index contributed by atoms with van der Waals surface area (Å²) in [6.45, 7) is -0.117. The Balaban J connectivity index is 2.05. The van der Waals surface area contributed by atoms with Crippen LogP contribution in [0.3, 0.4) is 0 Å². The van der Waals surface area contributed by atoms with E-state index < -0.39 is 0 Å². The number of rotatable bonds is 4. The fourth-order valence-corrected chi connectivity index (χ4v) is 2.06. The molecule has 6 N–H and O–H groups in total. The molecule has 0 aromatic carbocycles. The second-order valence-electron chi connectivity index (χ2n) is 4.39. The quantitative estimate of drug-likeness (QED) is 0.456. The van der Waals surface area contributed by atoms with Crippen molar-refractivity contribution in [3.63, 3.8) is 0 Å². The highest BCUT2D eigenvalue weighted by Gasteiger charge is 2.11. The highest BCUT2D eigenvalue weighted by molar-refractivity contribution is 5.92. The van der Waals surface area contributed by atoms with E-state index in [1.807, 2.05) is 0 Å². The van der Waals surface area contributed by atoms with Crippen molar-refractivity contribution < 1.29 is 5.11 Å². The Morgan fingerprint density at radius 2 is 2.24 bits per heavy atom. The minimum atomic E-state index is -0.117. The summed E-state index contributed by atoms with van der Waals surface area (Å²) in [6, 6.07) is 1.70. The molecule has 0 spiro atoms. The maximum atomic E-state index is 9.37. The summed E-state index contributed by atoms with van der Waals surface area (Å²) in [5, 5.41) is 20.5. The zero-order chi connectivity index (χ0) is 14.8. The Morgan fingerprint density at radius 3 is 3.00 bits per heavy atom. The average Bonchev–Trinajstić information content (AvgIpc) is 2.93. The van der Waals surface area contributed by atoms with E-state index in [0.29, 0.717) is 39.5 Å². The van der Waals surface area contributed by atoms with E-state index in [9.17, 15) is 5.11 Å². The molecule has 0 fully saturated rings. The van der Waals surface area contributed by atoms with Gasteiger partial charge in [-0.2, -0.15) is 0 Å². The summed E-state index contributed by atoms with van der Waals surface area (Å²) in [5.74, 6) is 0.842. The number of nitrogens with two attached hydrogens (primary N) is 1. The molecule has 3 aromatic heterocycles. The molecule has 8 nitrogen and oxygen atoms in total. The molecule has 0 saturated heterocycles. The number of nitrogens with zero attached hydrogens (tertiary/aromatic N) is 3. The maximum absolute atomic E-state index is 9.37. The van der Waals surface area contributed by atoms with Gasteiger partial charge in [-0.15, -0.1) is 0 Å². The Hall–Kier alpha value is -3.00. The summed E-state index contributed by atoms with van der Waals surface area (Å²) in [6.07, 6.45) is 5.80. The number of nitrogen functional groups attached to an aromatic ring is 1. The molecule has 0 bridgehead atoms. The molecule has 0 unspecified atom stereocenters. The minimum absolute atomic E-state index is 0.117. The smallest absolute Gasteiger partial charge is 0.143 e. The van der Waals surface area contributed by atoms with Gasteiger partial charge < -0.3 is 26.6 Å². The van der Waals surface area contributed by atoms with Gasteiger partial charge in [-0.1, -0.05) is 0 Å². The first kappa shape index (κ1) is 13.0. The third-order valence-corrected chi connectivity index (χ3v) is 3.09. The maximum Gasteiger partial charge on any atom is 0.143 e. The first-order valence-corrected chi connectivity index (χ1v) is 6.17. The molecule has 0 aliphatic heterocycles. The molecule has 0 saturated carbocycles. The molecule has 3 aromatic rings. The minimum Gasteiger partial charge on any atom is -0.392 e. The lowest BCUT2D eigenvalue weighted by atomic mass is 10.2. The highest BCUT2D eigenvalue weighted by Crippen LogP contribution is 2.26. The summed E-state index contributed by atoms with van der Waals surface area (Å²) >= 11 is 0. The molecule has 0 amide bonds. The van der Waals surface area contributed by atoms with Crippen molar-refractivity contribution >= 4 is 34.6 Å². The van der Waals surface area contributed by atoms with Crippen LogP contribution >= 0.6 is 0 Å². The molecular formula is C13H13N7O. The fourth-order valence-electron chi connectivity index (χ4n) is 2.06.